The Morgan fingerprint density at radius 2 is 2.28 bits per heavy atom. The SMILES string of the molecule is CCc1nn(C)c(CC(N)Cc2ccsc2)c1Cl. The van der Waals surface area contributed by atoms with Crippen LogP contribution in [0.4, 0.5) is 0 Å². The molecule has 2 heterocycles. The van der Waals surface area contributed by atoms with Gasteiger partial charge < -0.3 is 5.73 Å². The maximum atomic E-state index is 6.32. The normalized spacial score (nSPS) is 12.9. The molecule has 5 heteroatoms. The predicted octanol–water partition coefficient (Wildman–Crippen LogP) is 2.81. The van der Waals surface area contributed by atoms with Crippen LogP contribution in [-0.4, -0.2) is 15.8 Å². The lowest BCUT2D eigenvalue weighted by Crippen LogP contribution is -2.26. The van der Waals surface area contributed by atoms with E-state index in [1.807, 2.05) is 11.7 Å². The van der Waals surface area contributed by atoms with Crippen molar-refractivity contribution in [1.82, 2.24) is 9.78 Å². The molecule has 18 heavy (non-hydrogen) atoms. The van der Waals surface area contributed by atoms with Crippen molar-refractivity contribution in [1.29, 1.82) is 0 Å². The highest BCUT2D eigenvalue weighted by Gasteiger charge is 2.16. The van der Waals surface area contributed by atoms with Crippen molar-refractivity contribution >= 4 is 22.9 Å². The van der Waals surface area contributed by atoms with Crippen LogP contribution in [0, 0.1) is 0 Å². The van der Waals surface area contributed by atoms with Crippen molar-refractivity contribution < 1.29 is 0 Å². The van der Waals surface area contributed by atoms with E-state index in [1.54, 1.807) is 11.3 Å². The van der Waals surface area contributed by atoms with Crippen molar-refractivity contribution in [2.24, 2.45) is 12.8 Å². The Balaban J connectivity index is 2.07. The lowest BCUT2D eigenvalue weighted by atomic mass is 10.0. The molecule has 2 aromatic heterocycles. The van der Waals surface area contributed by atoms with E-state index in [0.29, 0.717) is 0 Å². The van der Waals surface area contributed by atoms with Gasteiger partial charge in [-0.05, 0) is 35.2 Å². The lowest BCUT2D eigenvalue weighted by Gasteiger charge is -2.11. The Kier molecular flexibility index (Phi) is 4.43. The van der Waals surface area contributed by atoms with E-state index in [0.717, 1.165) is 35.7 Å². The van der Waals surface area contributed by atoms with Crippen LogP contribution in [0.3, 0.4) is 0 Å². The van der Waals surface area contributed by atoms with Crippen molar-refractivity contribution in [3.8, 4) is 0 Å². The highest BCUT2D eigenvalue weighted by molar-refractivity contribution is 7.07. The van der Waals surface area contributed by atoms with E-state index in [-0.39, 0.29) is 6.04 Å². The fourth-order valence-electron chi connectivity index (χ4n) is 2.07. The quantitative estimate of drug-likeness (QED) is 0.917. The molecule has 2 N–H and O–H groups in total. The Morgan fingerprint density at radius 1 is 1.50 bits per heavy atom. The largest absolute Gasteiger partial charge is 0.327 e. The number of rotatable bonds is 5. The topological polar surface area (TPSA) is 43.8 Å². The van der Waals surface area contributed by atoms with Crippen LogP contribution < -0.4 is 5.73 Å². The third-order valence-electron chi connectivity index (χ3n) is 3.04. The van der Waals surface area contributed by atoms with Gasteiger partial charge in [0, 0.05) is 19.5 Å². The van der Waals surface area contributed by atoms with E-state index >= 15 is 0 Å². The van der Waals surface area contributed by atoms with Gasteiger partial charge in [-0.25, -0.2) is 0 Å². The van der Waals surface area contributed by atoms with Crippen molar-refractivity contribution in [3.63, 3.8) is 0 Å². The molecule has 0 aromatic carbocycles. The molecule has 0 aliphatic heterocycles. The van der Waals surface area contributed by atoms with Crippen LogP contribution >= 0.6 is 22.9 Å². The zero-order valence-electron chi connectivity index (χ0n) is 10.7. The highest BCUT2D eigenvalue weighted by Crippen LogP contribution is 2.22. The maximum Gasteiger partial charge on any atom is 0.0850 e. The monoisotopic (exact) mass is 283 g/mol. The third-order valence-corrected chi connectivity index (χ3v) is 4.20. The molecule has 1 atom stereocenters. The molecule has 0 aliphatic carbocycles. The first-order valence-electron chi connectivity index (χ1n) is 6.08. The minimum atomic E-state index is 0.0807. The van der Waals surface area contributed by atoms with E-state index in [2.05, 4.69) is 28.8 Å². The molecule has 0 saturated heterocycles. The number of hydrogen-bond acceptors (Lipinski definition) is 3. The van der Waals surface area contributed by atoms with Gasteiger partial charge in [0.15, 0.2) is 0 Å². The molecule has 0 saturated carbocycles. The zero-order valence-corrected chi connectivity index (χ0v) is 12.3. The summed E-state index contributed by atoms with van der Waals surface area (Å²) in [6, 6.07) is 2.20. The number of nitrogens with two attached hydrogens (primary N) is 1. The van der Waals surface area contributed by atoms with Crippen LogP contribution in [0.1, 0.15) is 23.9 Å². The van der Waals surface area contributed by atoms with Crippen LogP contribution in [0.15, 0.2) is 16.8 Å². The fourth-order valence-corrected chi connectivity index (χ4v) is 3.13. The van der Waals surface area contributed by atoms with Gasteiger partial charge in [0.25, 0.3) is 0 Å². The zero-order chi connectivity index (χ0) is 13.1. The minimum Gasteiger partial charge on any atom is -0.327 e. The van der Waals surface area contributed by atoms with Crippen LogP contribution in [-0.2, 0) is 26.3 Å². The number of aromatic nitrogens is 2. The molecule has 0 radical (unpaired) electrons. The summed E-state index contributed by atoms with van der Waals surface area (Å²) in [6.07, 6.45) is 2.50. The third kappa shape index (κ3) is 2.94. The summed E-state index contributed by atoms with van der Waals surface area (Å²) >= 11 is 8.02. The van der Waals surface area contributed by atoms with E-state index < -0.39 is 0 Å². The molecule has 0 aliphatic rings. The fraction of sp³-hybridized carbons (Fsp3) is 0.462. The second-order valence-electron chi connectivity index (χ2n) is 4.48. The second-order valence-corrected chi connectivity index (χ2v) is 5.64. The Hall–Kier alpha value is -0.840. The first-order valence-corrected chi connectivity index (χ1v) is 7.40. The average Bonchev–Trinajstić information content (AvgIpc) is 2.92. The summed E-state index contributed by atoms with van der Waals surface area (Å²) in [4.78, 5) is 0. The van der Waals surface area contributed by atoms with Gasteiger partial charge in [-0.15, -0.1) is 0 Å². The molecule has 0 spiro atoms. The van der Waals surface area contributed by atoms with E-state index in [1.165, 1.54) is 5.56 Å². The second kappa shape index (κ2) is 5.87. The molecule has 3 nitrogen and oxygen atoms in total. The van der Waals surface area contributed by atoms with Crippen molar-refractivity contribution in [2.45, 2.75) is 32.2 Å². The Labute approximate surface area is 117 Å². The molecule has 0 fully saturated rings. The number of halogens is 1. The summed E-state index contributed by atoms with van der Waals surface area (Å²) in [5.74, 6) is 0. The number of thiophene rings is 1. The summed E-state index contributed by atoms with van der Waals surface area (Å²) in [5.41, 5.74) is 9.48. The Bertz CT molecular complexity index is 505. The van der Waals surface area contributed by atoms with Gasteiger partial charge >= 0.3 is 0 Å². The highest BCUT2D eigenvalue weighted by atomic mass is 35.5. The average molecular weight is 284 g/mol. The summed E-state index contributed by atoms with van der Waals surface area (Å²) in [5, 5.41) is 9.41. The van der Waals surface area contributed by atoms with Gasteiger partial charge in [0.05, 0.1) is 16.4 Å². The Morgan fingerprint density at radius 3 is 2.83 bits per heavy atom. The molecule has 2 rings (SSSR count). The smallest absolute Gasteiger partial charge is 0.0850 e. The molecule has 1 unspecified atom stereocenters. The lowest BCUT2D eigenvalue weighted by molar-refractivity contribution is 0.612. The standard InChI is InChI=1S/C13H18ClN3S/c1-3-11-13(14)12(17(2)16-11)7-10(15)6-9-4-5-18-8-9/h4-5,8,10H,3,6-7,15H2,1-2H3. The molecular formula is C13H18ClN3S. The predicted molar refractivity (Wildman–Crippen MR) is 77.3 cm³/mol. The minimum absolute atomic E-state index is 0.0807. The van der Waals surface area contributed by atoms with E-state index in [4.69, 9.17) is 17.3 Å². The molecule has 0 bridgehead atoms. The summed E-state index contributed by atoms with van der Waals surface area (Å²) in [7, 11) is 1.93. The molecule has 2 aromatic rings. The van der Waals surface area contributed by atoms with Crippen molar-refractivity contribution in [3.05, 3.63) is 38.8 Å². The summed E-state index contributed by atoms with van der Waals surface area (Å²) < 4.78 is 1.86. The number of nitrogens with zero attached hydrogens (tertiary/aromatic N) is 2. The summed E-state index contributed by atoms with van der Waals surface area (Å²) in [6.45, 7) is 2.06. The van der Waals surface area contributed by atoms with Gasteiger partial charge in [0.1, 0.15) is 0 Å². The van der Waals surface area contributed by atoms with Crippen LogP contribution in [0.5, 0.6) is 0 Å². The van der Waals surface area contributed by atoms with Gasteiger partial charge in [0.2, 0.25) is 0 Å². The van der Waals surface area contributed by atoms with Crippen molar-refractivity contribution in [2.75, 3.05) is 0 Å². The first-order chi connectivity index (χ1) is 8.61. The number of aryl methyl sites for hydroxylation is 2. The van der Waals surface area contributed by atoms with Gasteiger partial charge in [-0.3, -0.25) is 4.68 Å². The number of hydrogen-bond donors (Lipinski definition) is 1. The molecular weight excluding hydrogens is 266 g/mol. The van der Waals surface area contributed by atoms with Crippen LogP contribution in [0.25, 0.3) is 0 Å². The maximum absolute atomic E-state index is 6.32. The molecule has 0 amide bonds. The van der Waals surface area contributed by atoms with Gasteiger partial charge in [-0.1, -0.05) is 18.5 Å². The van der Waals surface area contributed by atoms with E-state index in [9.17, 15) is 0 Å². The van der Waals surface area contributed by atoms with Crippen LogP contribution in [0.2, 0.25) is 5.02 Å². The first kappa shape index (κ1) is 13.6. The van der Waals surface area contributed by atoms with Gasteiger partial charge in [-0.2, -0.15) is 16.4 Å². The molecule has 98 valence electrons.